The van der Waals surface area contributed by atoms with Gasteiger partial charge in [-0.2, -0.15) is 0 Å². The van der Waals surface area contributed by atoms with Crippen molar-refractivity contribution in [1.82, 2.24) is 5.32 Å². The molecule has 150 valence electrons. The molecule has 1 aliphatic heterocycles. The summed E-state index contributed by atoms with van der Waals surface area (Å²) < 4.78 is 48.2. The van der Waals surface area contributed by atoms with Crippen LogP contribution in [0.15, 0.2) is 58.3 Å². The number of sulfone groups is 2. The van der Waals surface area contributed by atoms with E-state index in [-0.39, 0.29) is 27.8 Å². The fraction of sp³-hybridized carbons (Fsp3) is 0.316. The molecule has 0 bridgehead atoms. The van der Waals surface area contributed by atoms with Crippen molar-refractivity contribution in [3.05, 3.63) is 54.1 Å². The third-order valence-corrected chi connectivity index (χ3v) is 6.93. The van der Waals surface area contributed by atoms with E-state index < -0.39 is 19.7 Å². The average Bonchev–Trinajstić information content (AvgIpc) is 2.62. The van der Waals surface area contributed by atoms with Crippen molar-refractivity contribution in [3.8, 4) is 0 Å². The number of hydrogen-bond donors (Lipinski definition) is 2. The fourth-order valence-electron chi connectivity index (χ4n) is 3.29. The van der Waals surface area contributed by atoms with Crippen molar-refractivity contribution < 1.29 is 21.6 Å². The fourth-order valence-corrected chi connectivity index (χ4v) is 4.88. The lowest BCUT2D eigenvalue weighted by molar-refractivity contribution is -0.123. The molecular formula is C19H22N2O5S2. The van der Waals surface area contributed by atoms with E-state index in [1.807, 2.05) is 30.3 Å². The van der Waals surface area contributed by atoms with Crippen molar-refractivity contribution in [2.24, 2.45) is 0 Å². The third-order valence-electron chi connectivity index (χ3n) is 4.68. The first-order valence-corrected chi connectivity index (χ1v) is 12.5. The quantitative estimate of drug-likeness (QED) is 0.762. The second-order valence-corrected chi connectivity index (χ2v) is 10.9. The molecule has 1 saturated heterocycles. The van der Waals surface area contributed by atoms with Gasteiger partial charge in [0.05, 0.1) is 27.6 Å². The lowest BCUT2D eigenvalue weighted by Crippen LogP contribution is -2.45. The molecule has 0 radical (unpaired) electrons. The van der Waals surface area contributed by atoms with Crippen LogP contribution in [0.4, 0.5) is 5.69 Å². The highest BCUT2D eigenvalue weighted by molar-refractivity contribution is 7.91. The molecule has 9 heteroatoms. The minimum Gasteiger partial charge on any atom is -0.379 e. The maximum absolute atomic E-state index is 12.3. The Labute approximate surface area is 165 Å². The molecule has 2 aromatic carbocycles. The van der Waals surface area contributed by atoms with Gasteiger partial charge >= 0.3 is 0 Å². The van der Waals surface area contributed by atoms with E-state index in [0.29, 0.717) is 18.5 Å². The van der Waals surface area contributed by atoms with E-state index in [2.05, 4.69) is 10.6 Å². The van der Waals surface area contributed by atoms with Gasteiger partial charge in [0, 0.05) is 18.9 Å². The molecule has 3 rings (SSSR count). The van der Waals surface area contributed by atoms with Gasteiger partial charge in [-0.3, -0.25) is 4.79 Å². The Kier molecular flexibility index (Phi) is 5.49. The molecule has 2 atom stereocenters. The van der Waals surface area contributed by atoms with Crippen LogP contribution in [0.25, 0.3) is 0 Å². The zero-order chi connectivity index (χ0) is 20.5. The maximum Gasteiger partial charge on any atom is 0.220 e. The summed E-state index contributed by atoms with van der Waals surface area (Å²) in [6.45, 7) is 0. The third kappa shape index (κ3) is 4.53. The molecule has 0 unspecified atom stereocenters. The van der Waals surface area contributed by atoms with Crippen LogP contribution in [0.5, 0.6) is 0 Å². The first-order valence-electron chi connectivity index (χ1n) is 8.71. The van der Waals surface area contributed by atoms with Gasteiger partial charge in [0.15, 0.2) is 19.7 Å². The summed E-state index contributed by atoms with van der Waals surface area (Å²) in [6.07, 6.45) is 2.90. The Morgan fingerprint density at radius 2 is 1.64 bits per heavy atom. The van der Waals surface area contributed by atoms with Crippen LogP contribution < -0.4 is 10.6 Å². The van der Waals surface area contributed by atoms with Gasteiger partial charge in [-0.1, -0.05) is 30.3 Å². The second-order valence-electron chi connectivity index (χ2n) is 6.95. The van der Waals surface area contributed by atoms with Crippen LogP contribution >= 0.6 is 0 Å². The number of carbonyl (C=O) groups excluding carboxylic acids is 1. The standard InChI is InChI=1S/C19H22N2O5S2/c1-27(23,24)14-8-9-15(17(12-14)28(2,25)26)20-16-10-11-18(22)21-19(16)13-6-4-3-5-7-13/h3-9,12,16,19-20H,10-11H2,1-2H3,(H,21,22)/t16-,19+/m1/s1. The van der Waals surface area contributed by atoms with Crippen molar-refractivity contribution in [3.63, 3.8) is 0 Å². The van der Waals surface area contributed by atoms with Crippen LogP contribution in [0, 0.1) is 0 Å². The normalized spacial score (nSPS) is 20.4. The Bertz CT molecular complexity index is 1100. The number of piperidine rings is 1. The van der Waals surface area contributed by atoms with Crippen molar-refractivity contribution >= 4 is 31.3 Å². The first-order chi connectivity index (χ1) is 13.1. The Balaban J connectivity index is 2.00. The topological polar surface area (TPSA) is 109 Å². The summed E-state index contributed by atoms with van der Waals surface area (Å²) in [4.78, 5) is 11.8. The predicted octanol–water partition coefficient (Wildman–Crippen LogP) is 1.93. The largest absolute Gasteiger partial charge is 0.379 e. The minimum absolute atomic E-state index is 0.0602. The number of carbonyl (C=O) groups is 1. The highest BCUT2D eigenvalue weighted by Gasteiger charge is 2.31. The van der Waals surface area contributed by atoms with E-state index in [0.717, 1.165) is 18.1 Å². The van der Waals surface area contributed by atoms with E-state index in [1.165, 1.54) is 18.2 Å². The number of amides is 1. The van der Waals surface area contributed by atoms with Crippen LogP contribution in [-0.4, -0.2) is 41.3 Å². The summed E-state index contributed by atoms with van der Waals surface area (Å²) in [5.74, 6) is -0.0670. The van der Waals surface area contributed by atoms with Crippen molar-refractivity contribution in [2.75, 3.05) is 17.8 Å². The van der Waals surface area contributed by atoms with Crippen LogP contribution in [0.1, 0.15) is 24.4 Å². The van der Waals surface area contributed by atoms with Crippen molar-refractivity contribution in [1.29, 1.82) is 0 Å². The molecule has 0 saturated carbocycles. The van der Waals surface area contributed by atoms with Gasteiger partial charge in [-0.25, -0.2) is 16.8 Å². The Morgan fingerprint density at radius 1 is 0.964 bits per heavy atom. The highest BCUT2D eigenvalue weighted by Crippen LogP contribution is 2.31. The molecule has 2 aromatic rings. The molecule has 28 heavy (non-hydrogen) atoms. The van der Waals surface area contributed by atoms with E-state index >= 15 is 0 Å². The Hall–Kier alpha value is -2.39. The van der Waals surface area contributed by atoms with Gasteiger partial charge in [0.2, 0.25) is 5.91 Å². The predicted molar refractivity (Wildman–Crippen MR) is 107 cm³/mol. The van der Waals surface area contributed by atoms with Crippen molar-refractivity contribution in [2.45, 2.75) is 34.7 Å². The number of nitrogens with one attached hydrogen (secondary N) is 2. The number of hydrogen-bond acceptors (Lipinski definition) is 6. The molecule has 1 fully saturated rings. The summed E-state index contributed by atoms with van der Waals surface area (Å²) in [5.41, 5.74) is 1.22. The zero-order valence-electron chi connectivity index (χ0n) is 15.5. The Morgan fingerprint density at radius 3 is 2.25 bits per heavy atom. The zero-order valence-corrected chi connectivity index (χ0v) is 17.2. The van der Waals surface area contributed by atoms with Gasteiger partial charge in [0.25, 0.3) is 0 Å². The maximum atomic E-state index is 12.3. The molecule has 7 nitrogen and oxygen atoms in total. The molecule has 2 N–H and O–H groups in total. The smallest absolute Gasteiger partial charge is 0.220 e. The van der Waals surface area contributed by atoms with Gasteiger partial charge < -0.3 is 10.6 Å². The van der Waals surface area contributed by atoms with Gasteiger partial charge in [0.1, 0.15) is 0 Å². The van der Waals surface area contributed by atoms with Gasteiger partial charge in [-0.15, -0.1) is 0 Å². The minimum atomic E-state index is -3.67. The summed E-state index contributed by atoms with van der Waals surface area (Å²) in [5, 5.41) is 6.17. The summed E-state index contributed by atoms with van der Waals surface area (Å²) in [6, 6.07) is 12.9. The van der Waals surface area contributed by atoms with E-state index in [9.17, 15) is 21.6 Å². The van der Waals surface area contributed by atoms with E-state index in [1.54, 1.807) is 0 Å². The lowest BCUT2D eigenvalue weighted by atomic mass is 9.91. The lowest BCUT2D eigenvalue weighted by Gasteiger charge is -2.34. The molecule has 1 aliphatic rings. The van der Waals surface area contributed by atoms with Crippen LogP contribution in [-0.2, 0) is 24.5 Å². The molecule has 0 spiro atoms. The van der Waals surface area contributed by atoms with Gasteiger partial charge in [-0.05, 0) is 30.2 Å². The summed E-state index contributed by atoms with van der Waals surface area (Å²) >= 11 is 0. The molecule has 0 aromatic heterocycles. The van der Waals surface area contributed by atoms with Crippen LogP contribution in [0.3, 0.4) is 0 Å². The molecule has 0 aliphatic carbocycles. The first kappa shape index (κ1) is 20.3. The monoisotopic (exact) mass is 422 g/mol. The molecule has 1 heterocycles. The van der Waals surface area contributed by atoms with Crippen LogP contribution in [0.2, 0.25) is 0 Å². The second kappa shape index (κ2) is 7.56. The summed E-state index contributed by atoms with van der Waals surface area (Å²) in [7, 11) is -7.22. The SMILES string of the molecule is CS(=O)(=O)c1ccc(N[C@@H]2CCC(=O)N[C@H]2c2ccccc2)c(S(C)(=O)=O)c1. The number of anilines is 1. The number of benzene rings is 2. The van der Waals surface area contributed by atoms with E-state index in [4.69, 9.17) is 0 Å². The molecule has 1 amide bonds. The molecular weight excluding hydrogens is 400 g/mol. The average molecular weight is 423 g/mol. The number of rotatable bonds is 5. The highest BCUT2D eigenvalue weighted by atomic mass is 32.2.